The molecule has 0 aromatic rings. The van der Waals surface area contributed by atoms with Crippen molar-refractivity contribution in [3.63, 3.8) is 0 Å². The van der Waals surface area contributed by atoms with E-state index < -0.39 is 0 Å². The van der Waals surface area contributed by atoms with Gasteiger partial charge in [0.05, 0.1) is 0 Å². The van der Waals surface area contributed by atoms with Gasteiger partial charge in [0, 0.05) is 24.2 Å². The molecule has 2 rings (SSSR count). The first kappa shape index (κ1) is 28.8. The van der Waals surface area contributed by atoms with E-state index in [1.807, 2.05) is 0 Å². The van der Waals surface area contributed by atoms with Crippen molar-refractivity contribution in [1.29, 1.82) is 0 Å². The summed E-state index contributed by atoms with van der Waals surface area (Å²) < 4.78 is 0. The lowest BCUT2D eigenvalue weighted by Gasteiger charge is -2.37. The highest BCUT2D eigenvalue weighted by molar-refractivity contribution is 4.78. The maximum atomic E-state index is 5.58. The Morgan fingerprint density at radius 2 is 1.41 bits per heavy atom. The van der Waals surface area contributed by atoms with Crippen LogP contribution in [0.3, 0.4) is 0 Å². The Morgan fingerprint density at radius 3 is 1.93 bits per heavy atom. The first-order chi connectivity index (χ1) is 13.5. The summed E-state index contributed by atoms with van der Waals surface area (Å²) in [4.78, 5) is 2.66. The maximum absolute atomic E-state index is 5.58. The highest BCUT2D eigenvalue weighted by atomic mass is 15.2. The molecule has 4 nitrogen and oxygen atoms in total. The topological polar surface area (TPSA) is 53.3 Å². The molecule has 0 saturated heterocycles. The number of hydrogen-bond acceptors (Lipinski definition) is 4. The Kier molecular flexibility index (Phi) is 18.5. The Balaban J connectivity index is 0.000000523. The normalized spacial score (nSPS) is 18.6. The van der Waals surface area contributed by atoms with Crippen molar-refractivity contribution in [2.45, 2.75) is 136 Å². The number of nitrogens with one attached hydrogen (secondary N) is 2. The summed E-state index contributed by atoms with van der Waals surface area (Å²) in [6, 6.07) is 2.98. The summed E-state index contributed by atoms with van der Waals surface area (Å²) in [6.45, 7) is 13.4. The number of nitrogens with two attached hydrogens (primary N) is 1. The molecule has 4 heteroatoms. The van der Waals surface area contributed by atoms with Crippen molar-refractivity contribution in [1.82, 2.24) is 15.5 Å². The minimum Gasteiger partial charge on any atom is -0.330 e. The van der Waals surface area contributed by atoms with Crippen LogP contribution in [-0.2, 0) is 0 Å². The van der Waals surface area contributed by atoms with Gasteiger partial charge in [-0.3, -0.25) is 4.90 Å². The van der Waals surface area contributed by atoms with Gasteiger partial charge in [0.15, 0.2) is 0 Å². The third-order valence-electron chi connectivity index (χ3n) is 6.27. The first-order valence-electron chi connectivity index (χ1n) is 12.5. The summed E-state index contributed by atoms with van der Waals surface area (Å²) in [5, 5.41) is 7.10. The predicted molar refractivity (Wildman–Crippen MR) is 132 cm³/mol. The molecule has 0 aromatic carbocycles. The SMILES string of the molecule is C.CC(C)N(CCCN)C1CCCCC1.CC(C)NCCCNC1CCCCC1. The van der Waals surface area contributed by atoms with Crippen LogP contribution in [0.5, 0.6) is 0 Å². The molecule has 0 heterocycles. The maximum Gasteiger partial charge on any atom is 0.00979 e. The smallest absolute Gasteiger partial charge is 0.00979 e. The average molecular weight is 413 g/mol. The molecule has 0 atom stereocenters. The lowest BCUT2D eigenvalue weighted by molar-refractivity contribution is 0.120. The Labute approximate surface area is 184 Å². The van der Waals surface area contributed by atoms with E-state index in [-0.39, 0.29) is 7.43 Å². The summed E-state index contributed by atoms with van der Waals surface area (Å²) in [6.07, 6.45) is 16.6. The van der Waals surface area contributed by atoms with Crippen molar-refractivity contribution in [2.75, 3.05) is 26.2 Å². The lowest BCUT2D eigenvalue weighted by atomic mass is 9.93. The molecule has 0 aliphatic heterocycles. The summed E-state index contributed by atoms with van der Waals surface area (Å²) in [5.41, 5.74) is 5.58. The molecule has 29 heavy (non-hydrogen) atoms. The molecule has 0 amide bonds. The van der Waals surface area contributed by atoms with Gasteiger partial charge in [-0.15, -0.1) is 0 Å². The van der Waals surface area contributed by atoms with Gasteiger partial charge in [-0.2, -0.15) is 0 Å². The lowest BCUT2D eigenvalue weighted by Crippen LogP contribution is -2.42. The second-order valence-corrected chi connectivity index (χ2v) is 9.52. The van der Waals surface area contributed by atoms with Gasteiger partial charge in [0.1, 0.15) is 0 Å². The van der Waals surface area contributed by atoms with Crippen LogP contribution in [0.2, 0.25) is 0 Å². The fourth-order valence-corrected chi connectivity index (χ4v) is 4.64. The van der Waals surface area contributed by atoms with Crippen LogP contribution in [0.4, 0.5) is 0 Å². The molecule has 0 radical (unpaired) electrons. The fraction of sp³-hybridized carbons (Fsp3) is 1.00. The highest BCUT2D eigenvalue weighted by Gasteiger charge is 2.22. The van der Waals surface area contributed by atoms with E-state index in [2.05, 4.69) is 43.2 Å². The van der Waals surface area contributed by atoms with E-state index in [4.69, 9.17) is 5.73 Å². The number of hydrogen-bond donors (Lipinski definition) is 3. The molecule has 2 saturated carbocycles. The Morgan fingerprint density at radius 1 is 0.828 bits per heavy atom. The molecule has 2 aliphatic carbocycles. The molecule has 0 aromatic heterocycles. The van der Waals surface area contributed by atoms with Crippen molar-refractivity contribution in [2.24, 2.45) is 5.73 Å². The third-order valence-corrected chi connectivity index (χ3v) is 6.27. The zero-order chi connectivity index (χ0) is 20.6. The van der Waals surface area contributed by atoms with Gasteiger partial charge >= 0.3 is 0 Å². The van der Waals surface area contributed by atoms with Crippen LogP contribution in [0.25, 0.3) is 0 Å². The minimum absolute atomic E-state index is 0. The number of nitrogens with zero attached hydrogens (tertiary/aromatic N) is 1. The highest BCUT2D eigenvalue weighted by Crippen LogP contribution is 2.24. The van der Waals surface area contributed by atoms with Crippen LogP contribution >= 0.6 is 0 Å². The molecule has 4 N–H and O–H groups in total. The van der Waals surface area contributed by atoms with E-state index in [9.17, 15) is 0 Å². The van der Waals surface area contributed by atoms with Gasteiger partial charge in [-0.05, 0) is 78.6 Å². The molecular formula is C25H56N4. The Hall–Kier alpha value is -0.160. The molecule has 0 spiro atoms. The zero-order valence-corrected chi connectivity index (χ0v) is 19.6. The van der Waals surface area contributed by atoms with E-state index in [1.165, 1.54) is 83.7 Å². The van der Waals surface area contributed by atoms with E-state index in [1.54, 1.807) is 0 Å². The summed E-state index contributed by atoms with van der Waals surface area (Å²) >= 11 is 0. The van der Waals surface area contributed by atoms with Crippen molar-refractivity contribution < 1.29 is 0 Å². The predicted octanol–water partition coefficient (Wildman–Crippen LogP) is 5.31. The van der Waals surface area contributed by atoms with Crippen LogP contribution in [0.15, 0.2) is 0 Å². The van der Waals surface area contributed by atoms with Crippen LogP contribution in [0, 0.1) is 0 Å². The van der Waals surface area contributed by atoms with Gasteiger partial charge in [-0.25, -0.2) is 0 Å². The second-order valence-electron chi connectivity index (χ2n) is 9.52. The van der Waals surface area contributed by atoms with Crippen LogP contribution in [-0.4, -0.2) is 55.2 Å². The van der Waals surface area contributed by atoms with E-state index >= 15 is 0 Å². The fourth-order valence-electron chi connectivity index (χ4n) is 4.64. The summed E-state index contributed by atoms with van der Waals surface area (Å²) in [7, 11) is 0. The van der Waals surface area contributed by atoms with Gasteiger partial charge in [0.25, 0.3) is 0 Å². The second kappa shape index (κ2) is 18.6. The summed E-state index contributed by atoms with van der Waals surface area (Å²) in [5.74, 6) is 0. The van der Waals surface area contributed by atoms with Gasteiger partial charge in [0.2, 0.25) is 0 Å². The largest absolute Gasteiger partial charge is 0.330 e. The molecule has 176 valence electrons. The minimum atomic E-state index is 0. The number of rotatable bonds is 11. The van der Waals surface area contributed by atoms with Crippen molar-refractivity contribution in [3.05, 3.63) is 0 Å². The molecule has 0 unspecified atom stereocenters. The molecule has 0 bridgehead atoms. The Bertz CT molecular complexity index is 334. The van der Waals surface area contributed by atoms with Crippen LogP contribution < -0.4 is 16.4 Å². The van der Waals surface area contributed by atoms with Crippen molar-refractivity contribution in [3.8, 4) is 0 Å². The quantitative estimate of drug-likeness (QED) is 0.402. The van der Waals surface area contributed by atoms with Crippen LogP contribution in [0.1, 0.15) is 112 Å². The van der Waals surface area contributed by atoms with Gasteiger partial charge < -0.3 is 16.4 Å². The molecular weight excluding hydrogens is 356 g/mol. The first-order valence-corrected chi connectivity index (χ1v) is 12.5. The van der Waals surface area contributed by atoms with E-state index in [0.717, 1.165) is 31.6 Å². The van der Waals surface area contributed by atoms with E-state index in [0.29, 0.717) is 12.1 Å². The average Bonchev–Trinajstić information content (AvgIpc) is 2.70. The third kappa shape index (κ3) is 14.5. The zero-order valence-electron chi connectivity index (χ0n) is 19.6. The molecule has 2 aliphatic rings. The van der Waals surface area contributed by atoms with Gasteiger partial charge in [-0.1, -0.05) is 59.8 Å². The monoisotopic (exact) mass is 412 g/mol. The molecule has 2 fully saturated rings. The van der Waals surface area contributed by atoms with Crippen molar-refractivity contribution >= 4 is 0 Å². The standard InChI is InChI=1S/2C12H26N2.CH4/c1-11(2)14(10-6-9-13)12-7-4-3-5-8-12;1-11(2)13-9-6-10-14-12-7-4-3-5-8-12;/h11-12H,3-10,13H2,1-2H3;11-14H,3-10H2,1-2H3;1H4.